The third-order valence-corrected chi connectivity index (χ3v) is 3.65. The van der Waals surface area contributed by atoms with Gasteiger partial charge >= 0.3 is 0 Å². The average Bonchev–Trinajstić information content (AvgIpc) is 3.17. The number of nitrogens with zero attached hydrogens (tertiary/aromatic N) is 3. The third-order valence-electron chi connectivity index (χ3n) is 3.65. The first kappa shape index (κ1) is 19.9. The Balaban J connectivity index is 2.07. The number of nitro groups is 1. The van der Waals surface area contributed by atoms with Gasteiger partial charge in [-0.05, 0) is 6.42 Å². The zero-order valence-electron chi connectivity index (χ0n) is 15.5. The highest BCUT2D eigenvalue weighted by Crippen LogP contribution is 2.40. The summed E-state index contributed by atoms with van der Waals surface area (Å²) < 4.78 is 17.8. The van der Waals surface area contributed by atoms with Crippen LogP contribution in [0.2, 0.25) is 0 Å². The van der Waals surface area contributed by atoms with Crippen molar-refractivity contribution < 1.29 is 19.1 Å². The number of benzene rings is 1. The van der Waals surface area contributed by atoms with Crippen molar-refractivity contribution in [1.82, 2.24) is 14.9 Å². The molecule has 1 heterocycles. The van der Waals surface area contributed by atoms with E-state index in [1.165, 1.54) is 21.3 Å². The molecule has 0 saturated heterocycles. The van der Waals surface area contributed by atoms with Crippen molar-refractivity contribution in [2.45, 2.75) is 13.0 Å². The standard InChI is InChI=1S/C17H23N5O5/c1-25-14-9-13(10-15(26-2)17(14)27-3)20-16(11-22(23)24)19-5-4-7-21-8-6-18-12-21/h6,8-12,19-20H,4-5,7H2,1-3H3. The van der Waals surface area contributed by atoms with Gasteiger partial charge in [-0.1, -0.05) is 0 Å². The van der Waals surface area contributed by atoms with Crippen LogP contribution in [0.1, 0.15) is 6.42 Å². The van der Waals surface area contributed by atoms with Gasteiger partial charge in [0.25, 0.3) is 6.20 Å². The second-order valence-electron chi connectivity index (χ2n) is 5.45. The lowest BCUT2D eigenvalue weighted by Gasteiger charge is -2.16. The maximum absolute atomic E-state index is 10.9. The summed E-state index contributed by atoms with van der Waals surface area (Å²) in [6.45, 7) is 1.29. The second-order valence-corrected chi connectivity index (χ2v) is 5.45. The van der Waals surface area contributed by atoms with Gasteiger partial charge in [-0.15, -0.1) is 0 Å². The van der Waals surface area contributed by atoms with Crippen molar-refractivity contribution in [2.24, 2.45) is 0 Å². The fourth-order valence-electron chi connectivity index (χ4n) is 2.44. The molecule has 10 nitrogen and oxygen atoms in total. The van der Waals surface area contributed by atoms with Crippen LogP contribution in [0.15, 0.2) is 42.9 Å². The van der Waals surface area contributed by atoms with E-state index in [1.807, 2.05) is 10.8 Å². The van der Waals surface area contributed by atoms with Crippen LogP contribution >= 0.6 is 0 Å². The van der Waals surface area contributed by atoms with Crippen LogP contribution in [0, 0.1) is 10.1 Å². The number of hydrogen-bond donors (Lipinski definition) is 2. The molecule has 0 aliphatic heterocycles. The molecule has 10 heteroatoms. The van der Waals surface area contributed by atoms with E-state index in [1.54, 1.807) is 24.7 Å². The highest BCUT2D eigenvalue weighted by atomic mass is 16.6. The number of hydrogen-bond acceptors (Lipinski definition) is 8. The molecule has 146 valence electrons. The zero-order chi connectivity index (χ0) is 19.6. The van der Waals surface area contributed by atoms with Crippen molar-refractivity contribution in [3.8, 4) is 17.2 Å². The second kappa shape index (κ2) is 9.90. The predicted molar refractivity (Wildman–Crippen MR) is 99.6 cm³/mol. The molecule has 0 bridgehead atoms. The minimum absolute atomic E-state index is 0.250. The average molecular weight is 377 g/mol. The number of nitrogens with one attached hydrogen (secondary N) is 2. The number of rotatable bonds is 11. The van der Waals surface area contributed by atoms with Crippen LogP contribution in [0.5, 0.6) is 17.2 Å². The van der Waals surface area contributed by atoms with E-state index in [9.17, 15) is 10.1 Å². The number of imidazole rings is 1. The van der Waals surface area contributed by atoms with Crippen molar-refractivity contribution in [1.29, 1.82) is 0 Å². The molecule has 0 fully saturated rings. The summed E-state index contributed by atoms with van der Waals surface area (Å²) in [4.78, 5) is 14.4. The highest BCUT2D eigenvalue weighted by Gasteiger charge is 2.14. The van der Waals surface area contributed by atoms with Gasteiger partial charge in [0.15, 0.2) is 17.3 Å². The minimum atomic E-state index is -0.525. The summed E-state index contributed by atoms with van der Waals surface area (Å²) in [5.41, 5.74) is 0.555. The van der Waals surface area contributed by atoms with Crippen molar-refractivity contribution in [2.75, 3.05) is 33.2 Å². The molecule has 0 aliphatic rings. The van der Waals surface area contributed by atoms with Gasteiger partial charge < -0.3 is 29.4 Å². The van der Waals surface area contributed by atoms with Gasteiger partial charge in [-0.25, -0.2) is 4.98 Å². The fraction of sp³-hybridized carbons (Fsp3) is 0.353. The van der Waals surface area contributed by atoms with Crippen molar-refractivity contribution >= 4 is 5.69 Å². The Morgan fingerprint density at radius 1 is 1.26 bits per heavy atom. The molecule has 0 saturated carbocycles. The van der Waals surface area contributed by atoms with Gasteiger partial charge in [-0.3, -0.25) is 10.1 Å². The number of methoxy groups -OCH3 is 3. The molecule has 2 N–H and O–H groups in total. The normalized spacial score (nSPS) is 11.0. The maximum atomic E-state index is 10.9. The van der Waals surface area contributed by atoms with E-state index in [2.05, 4.69) is 15.6 Å². The lowest BCUT2D eigenvalue weighted by atomic mass is 10.2. The van der Waals surface area contributed by atoms with E-state index in [0.717, 1.165) is 19.2 Å². The summed E-state index contributed by atoms with van der Waals surface area (Å²) >= 11 is 0. The van der Waals surface area contributed by atoms with Gasteiger partial charge in [0.1, 0.15) is 0 Å². The molecule has 0 atom stereocenters. The Hall–Kier alpha value is -3.43. The maximum Gasteiger partial charge on any atom is 0.274 e. The molecule has 0 aliphatic carbocycles. The van der Waals surface area contributed by atoms with E-state index < -0.39 is 4.92 Å². The molecule has 0 amide bonds. The Morgan fingerprint density at radius 2 is 1.96 bits per heavy atom. The van der Waals surface area contributed by atoms with Crippen LogP contribution in [-0.2, 0) is 6.54 Å². The Bertz CT molecular complexity index is 751. The summed E-state index contributed by atoms with van der Waals surface area (Å²) in [5, 5.41) is 16.9. The third kappa shape index (κ3) is 5.80. The molecule has 27 heavy (non-hydrogen) atoms. The van der Waals surface area contributed by atoms with E-state index >= 15 is 0 Å². The number of anilines is 1. The fourth-order valence-corrected chi connectivity index (χ4v) is 2.44. The molecular formula is C17H23N5O5. The smallest absolute Gasteiger partial charge is 0.274 e. The van der Waals surface area contributed by atoms with Crippen LogP contribution < -0.4 is 24.8 Å². The SMILES string of the molecule is COc1cc(NC(=C[N+](=O)[O-])NCCCn2ccnc2)cc(OC)c1OC. The van der Waals surface area contributed by atoms with Crippen LogP contribution in [0.4, 0.5) is 5.69 Å². The summed E-state index contributed by atoms with van der Waals surface area (Å²) in [5.74, 6) is 1.58. The van der Waals surface area contributed by atoms with Crippen molar-refractivity contribution in [3.63, 3.8) is 0 Å². The first-order chi connectivity index (χ1) is 13.1. The quantitative estimate of drug-likeness (QED) is 0.348. The predicted octanol–water partition coefficient (Wildman–Crippen LogP) is 2.08. The van der Waals surface area contributed by atoms with Crippen LogP contribution in [0.3, 0.4) is 0 Å². The molecule has 0 radical (unpaired) electrons. The lowest BCUT2D eigenvalue weighted by molar-refractivity contribution is -0.403. The number of aromatic nitrogens is 2. The highest BCUT2D eigenvalue weighted by molar-refractivity contribution is 5.63. The van der Waals surface area contributed by atoms with E-state index in [0.29, 0.717) is 29.5 Å². The Kier molecular flexibility index (Phi) is 7.29. The van der Waals surface area contributed by atoms with E-state index in [-0.39, 0.29) is 5.82 Å². The molecular weight excluding hydrogens is 354 g/mol. The first-order valence-electron chi connectivity index (χ1n) is 8.19. The van der Waals surface area contributed by atoms with Gasteiger partial charge in [0.05, 0.1) is 32.6 Å². The molecule has 2 aromatic rings. The summed E-state index contributed by atoms with van der Waals surface area (Å²) in [7, 11) is 4.51. The molecule has 1 aromatic heterocycles. The molecule has 2 rings (SSSR count). The Morgan fingerprint density at radius 3 is 2.48 bits per heavy atom. The number of ether oxygens (including phenoxy) is 3. The minimum Gasteiger partial charge on any atom is -0.493 e. The summed E-state index contributed by atoms with van der Waals surface area (Å²) in [6.07, 6.45) is 6.93. The molecule has 0 unspecified atom stereocenters. The molecule has 1 aromatic carbocycles. The zero-order valence-corrected chi connectivity index (χ0v) is 15.5. The topological polar surface area (TPSA) is 113 Å². The van der Waals surface area contributed by atoms with Crippen LogP contribution in [0.25, 0.3) is 0 Å². The monoisotopic (exact) mass is 377 g/mol. The first-order valence-corrected chi connectivity index (χ1v) is 8.19. The van der Waals surface area contributed by atoms with Gasteiger partial charge in [0, 0.05) is 43.3 Å². The van der Waals surface area contributed by atoms with Gasteiger partial charge in [0.2, 0.25) is 5.75 Å². The van der Waals surface area contributed by atoms with Crippen LogP contribution in [-0.4, -0.2) is 42.3 Å². The summed E-state index contributed by atoms with van der Waals surface area (Å²) in [6, 6.07) is 3.34. The number of aryl methyl sites for hydroxylation is 1. The van der Waals surface area contributed by atoms with Crippen molar-refractivity contribution in [3.05, 3.63) is 53.0 Å². The molecule has 0 spiro atoms. The lowest BCUT2D eigenvalue weighted by Crippen LogP contribution is -2.23. The van der Waals surface area contributed by atoms with Gasteiger partial charge in [-0.2, -0.15) is 0 Å². The Labute approximate surface area is 156 Å². The largest absolute Gasteiger partial charge is 0.493 e. The van der Waals surface area contributed by atoms with E-state index in [4.69, 9.17) is 14.2 Å².